The maximum Gasteiger partial charge on any atom is 0.274 e. The van der Waals surface area contributed by atoms with Crippen LogP contribution < -0.4 is 5.32 Å². The Bertz CT molecular complexity index is 1190. The van der Waals surface area contributed by atoms with E-state index in [-0.39, 0.29) is 23.7 Å². The van der Waals surface area contributed by atoms with Gasteiger partial charge in [0.1, 0.15) is 11.5 Å². The minimum Gasteiger partial charge on any atom is -0.350 e. The van der Waals surface area contributed by atoms with Crippen LogP contribution in [0.4, 0.5) is 4.39 Å². The highest BCUT2D eigenvalue weighted by atomic mass is 32.1. The van der Waals surface area contributed by atoms with Crippen molar-refractivity contribution in [1.29, 1.82) is 0 Å². The zero-order valence-corrected chi connectivity index (χ0v) is 19.5. The van der Waals surface area contributed by atoms with Crippen molar-refractivity contribution < 1.29 is 14.0 Å². The molecule has 2 aromatic carbocycles. The van der Waals surface area contributed by atoms with E-state index in [1.165, 1.54) is 41.2 Å². The highest BCUT2D eigenvalue weighted by molar-refractivity contribution is 7.15. The molecule has 1 unspecified atom stereocenters. The van der Waals surface area contributed by atoms with Crippen LogP contribution in [0.1, 0.15) is 44.8 Å². The maximum absolute atomic E-state index is 13.6. The molecule has 2 fully saturated rings. The minimum absolute atomic E-state index is 0.0516. The molecule has 3 atom stereocenters. The molecule has 1 aromatic heterocycles. The van der Waals surface area contributed by atoms with E-state index in [9.17, 15) is 14.0 Å². The number of aromatic nitrogens is 1. The summed E-state index contributed by atoms with van der Waals surface area (Å²) >= 11 is 1.54. The largest absolute Gasteiger partial charge is 0.350 e. The first-order chi connectivity index (χ1) is 15.9. The lowest BCUT2D eigenvalue weighted by Crippen LogP contribution is -2.45. The van der Waals surface area contributed by atoms with Crippen LogP contribution in [-0.4, -0.2) is 40.8 Å². The van der Waals surface area contributed by atoms with Crippen LogP contribution in [0.2, 0.25) is 0 Å². The van der Waals surface area contributed by atoms with Gasteiger partial charge in [-0.15, -0.1) is 11.3 Å². The number of hydrogen-bond donors (Lipinski definition) is 1. The zero-order valence-electron chi connectivity index (χ0n) is 18.7. The van der Waals surface area contributed by atoms with E-state index in [2.05, 4.69) is 41.5 Å². The van der Waals surface area contributed by atoms with Gasteiger partial charge >= 0.3 is 0 Å². The highest BCUT2D eigenvalue weighted by Crippen LogP contribution is 2.50. The number of thiazole rings is 1. The Hall–Kier alpha value is -3.06. The van der Waals surface area contributed by atoms with E-state index in [1.807, 2.05) is 11.8 Å². The molecule has 5 rings (SSSR count). The number of fused-ring (bicyclic) bond motifs is 1. The Morgan fingerprint density at radius 2 is 1.88 bits per heavy atom. The van der Waals surface area contributed by atoms with Crippen LogP contribution in [0.25, 0.3) is 10.4 Å². The molecule has 2 heterocycles. The summed E-state index contributed by atoms with van der Waals surface area (Å²) in [5, 5.41) is 3.80. The van der Waals surface area contributed by atoms with Gasteiger partial charge in [-0.2, -0.15) is 0 Å². The second-order valence-electron chi connectivity index (χ2n) is 8.86. The summed E-state index contributed by atoms with van der Waals surface area (Å²) in [6.07, 6.45) is 2.05. The van der Waals surface area contributed by atoms with Gasteiger partial charge in [0.25, 0.3) is 11.8 Å². The molecule has 1 N–H and O–H groups in total. The summed E-state index contributed by atoms with van der Waals surface area (Å²) < 4.78 is 13.2. The lowest BCUT2D eigenvalue weighted by Gasteiger charge is -2.27. The number of nitrogens with one attached hydrogen (secondary N) is 1. The summed E-state index contributed by atoms with van der Waals surface area (Å²) in [6.45, 7) is 5.12. The lowest BCUT2D eigenvalue weighted by atomic mass is 10.1. The van der Waals surface area contributed by atoms with E-state index in [0.29, 0.717) is 36.2 Å². The Morgan fingerprint density at radius 3 is 2.58 bits per heavy atom. The molecule has 0 spiro atoms. The number of likely N-dealkylation sites (tertiary alicyclic amines) is 1. The normalized spacial score (nSPS) is 21.1. The van der Waals surface area contributed by atoms with Gasteiger partial charge in [-0.25, -0.2) is 9.37 Å². The number of benzene rings is 2. The minimum atomic E-state index is -0.376. The average Bonchev–Trinajstić information content (AvgIpc) is 3.34. The number of piperidine rings is 1. The van der Waals surface area contributed by atoms with Crippen molar-refractivity contribution in [3.8, 4) is 10.4 Å². The fourth-order valence-corrected chi connectivity index (χ4v) is 5.68. The number of carbonyl (C=O) groups is 2. The summed E-state index contributed by atoms with van der Waals surface area (Å²) in [5.41, 5.74) is 3.17. The van der Waals surface area contributed by atoms with Crippen LogP contribution in [0.15, 0.2) is 48.5 Å². The lowest BCUT2D eigenvalue weighted by molar-refractivity contribution is 0.0690. The predicted octanol–water partition coefficient (Wildman–Crippen LogP) is 4.71. The predicted molar refractivity (Wildman–Crippen MR) is 127 cm³/mol. The third-order valence-corrected chi connectivity index (χ3v) is 7.72. The molecule has 1 saturated carbocycles. The third-order valence-electron chi connectivity index (χ3n) is 6.70. The SMILES string of the molecule is CCc1ccc(-c2sc(C)nc2C(=O)N2C[C@H]3CC3[C@H]2CNC(=O)c2ccc(F)cc2)cc1. The highest BCUT2D eigenvalue weighted by Gasteiger charge is 2.54. The number of aryl methyl sites for hydroxylation is 2. The first-order valence-corrected chi connectivity index (χ1v) is 12.2. The number of rotatable bonds is 6. The fraction of sp³-hybridized carbons (Fsp3) is 0.346. The van der Waals surface area contributed by atoms with Crippen molar-refractivity contribution in [3.63, 3.8) is 0 Å². The van der Waals surface area contributed by atoms with Crippen LogP contribution in [0.3, 0.4) is 0 Å². The summed E-state index contributed by atoms with van der Waals surface area (Å²) in [6, 6.07) is 13.7. The van der Waals surface area contributed by atoms with Crippen molar-refractivity contribution >= 4 is 23.2 Å². The van der Waals surface area contributed by atoms with Gasteiger partial charge < -0.3 is 10.2 Å². The van der Waals surface area contributed by atoms with Gasteiger partial charge in [0.2, 0.25) is 0 Å². The van der Waals surface area contributed by atoms with Crippen LogP contribution in [0.5, 0.6) is 0 Å². The number of halogens is 1. The number of nitrogens with zero attached hydrogens (tertiary/aromatic N) is 2. The first kappa shape index (κ1) is 21.8. The molecule has 2 amide bonds. The Morgan fingerprint density at radius 1 is 1.15 bits per heavy atom. The molecule has 0 bridgehead atoms. The van der Waals surface area contributed by atoms with Gasteiger partial charge in [0.15, 0.2) is 0 Å². The third kappa shape index (κ3) is 4.29. The van der Waals surface area contributed by atoms with Crippen molar-refractivity contribution in [2.75, 3.05) is 13.1 Å². The number of amides is 2. The van der Waals surface area contributed by atoms with E-state index in [1.54, 1.807) is 0 Å². The van der Waals surface area contributed by atoms with Crippen LogP contribution in [-0.2, 0) is 6.42 Å². The molecule has 1 saturated heterocycles. The van der Waals surface area contributed by atoms with Crippen molar-refractivity contribution in [2.24, 2.45) is 11.8 Å². The molecule has 1 aliphatic heterocycles. The quantitative estimate of drug-likeness (QED) is 0.576. The topological polar surface area (TPSA) is 62.3 Å². The number of carbonyl (C=O) groups excluding carboxylic acids is 2. The summed E-state index contributed by atoms with van der Waals surface area (Å²) in [7, 11) is 0. The van der Waals surface area contributed by atoms with Crippen molar-refractivity contribution in [1.82, 2.24) is 15.2 Å². The Labute approximate surface area is 196 Å². The van der Waals surface area contributed by atoms with Gasteiger partial charge in [-0.3, -0.25) is 9.59 Å². The zero-order chi connectivity index (χ0) is 23.1. The van der Waals surface area contributed by atoms with Crippen LogP contribution in [0, 0.1) is 24.6 Å². The number of hydrogen-bond acceptors (Lipinski definition) is 4. The van der Waals surface area contributed by atoms with Gasteiger partial charge in [-0.05, 0) is 67.0 Å². The molecular weight excluding hydrogens is 437 g/mol. The molecule has 2 aliphatic rings. The maximum atomic E-state index is 13.6. The van der Waals surface area contributed by atoms with E-state index in [4.69, 9.17) is 0 Å². The molecule has 3 aromatic rings. The molecule has 33 heavy (non-hydrogen) atoms. The molecule has 0 radical (unpaired) electrons. The van der Waals surface area contributed by atoms with Gasteiger partial charge in [0, 0.05) is 18.7 Å². The second kappa shape index (κ2) is 8.71. The average molecular weight is 464 g/mol. The summed E-state index contributed by atoms with van der Waals surface area (Å²) in [5.74, 6) is 0.205. The Balaban J connectivity index is 1.34. The Kier molecular flexibility index (Phi) is 5.74. The molecular formula is C26H26FN3O2S. The molecule has 1 aliphatic carbocycles. The van der Waals surface area contributed by atoms with Gasteiger partial charge in [0.05, 0.1) is 15.9 Å². The molecule has 170 valence electrons. The smallest absolute Gasteiger partial charge is 0.274 e. The van der Waals surface area contributed by atoms with E-state index in [0.717, 1.165) is 28.3 Å². The monoisotopic (exact) mass is 463 g/mol. The summed E-state index contributed by atoms with van der Waals surface area (Å²) in [4.78, 5) is 33.5. The van der Waals surface area contributed by atoms with Crippen molar-refractivity contribution in [2.45, 2.75) is 32.7 Å². The molecule has 5 nitrogen and oxygen atoms in total. The van der Waals surface area contributed by atoms with Crippen LogP contribution >= 0.6 is 11.3 Å². The first-order valence-electron chi connectivity index (χ1n) is 11.4. The van der Waals surface area contributed by atoms with Crippen molar-refractivity contribution in [3.05, 3.63) is 76.2 Å². The van der Waals surface area contributed by atoms with E-state index >= 15 is 0 Å². The standard InChI is InChI=1S/C26H26FN3O2S/c1-3-16-4-6-17(7-5-16)24-23(29-15(2)33-24)26(32)30-14-19-12-21(19)22(30)13-28-25(31)18-8-10-20(27)11-9-18/h4-11,19,21-22H,3,12-14H2,1-2H3,(H,28,31)/t19-,21?,22-/m1/s1. The second-order valence-corrected chi connectivity index (χ2v) is 10.1. The molecule has 7 heteroatoms. The fourth-order valence-electron chi connectivity index (χ4n) is 4.76. The van der Waals surface area contributed by atoms with Gasteiger partial charge in [-0.1, -0.05) is 31.2 Å². The van der Waals surface area contributed by atoms with E-state index < -0.39 is 0 Å².